The van der Waals surface area contributed by atoms with Crippen molar-refractivity contribution in [3.05, 3.63) is 188 Å². The third-order valence-electron chi connectivity index (χ3n) is 11.3. The fraction of sp³-hybridized carbons (Fsp3) is 0. The van der Waals surface area contributed by atoms with Gasteiger partial charge in [-0.3, -0.25) is 0 Å². The van der Waals surface area contributed by atoms with Gasteiger partial charge in [0.05, 0.1) is 11.1 Å². The summed E-state index contributed by atoms with van der Waals surface area (Å²) in [5, 5.41) is 9.61. The van der Waals surface area contributed by atoms with E-state index < -0.39 is 0 Å². The van der Waals surface area contributed by atoms with Crippen LogP contribution in [0.5, 0.6) is 0 Å². The minimum atomic E-state index is 0.864. The summed E-state index contributed by atoms with van der Waals surface area (Å²) in [4.78, 5) is 2.35. The van der Waals surface area contributed by atoms with Crippen LogP contribution in [0, 0.1) is 0 Å². The van der Waals surface area contributed by atoms with E-state index >= 15 is 0 Å². The second kappa shape index (κ2) is 12.2. The van der Waals surface area contributed by atoms with Crippen molar-refractivity contribution in [3.63, 3.8) is 0 Å². The summed E-state index contributed by atoms with van der Waals surface area (Å²) in [7, 11) is 0. The van der Waals surface area contributed by atoms with Crippen LogP contribution in [0.1, 0.15) is 0 Å². The van der Waals surface area contributed by atoms with Gasteiger partial charge in [-0.25, -0.2) is 0 Å². The Labute approximate surface area is 325 Å². The van der Waals surface area contributed by atoms with Crippen LogP contribution < -0.4 is 4.90 Å². The highest BCUT2D eigenvalue weighted by Crippen LogP contribution is 2.46. The molecule has 0 radical (unpaired) electrons. The molecule has 3 nitrogen and oxygen atoms in total. The molecule has 12 rings (SSSR count). The lowest BCUT2D eigenvalue weighted by Crippen LogP contribution is -2.10. The highest BCUT2D eigenvalue weighted by molar-refractivity contribution is 7.26. The standard InChI is InChI=1S/C52H31NO2S/c1-2-11-35-31-49-44(30-34(35)10-1)42-17-8-15-39(52(42)56-49)33-24-28-37(29-25-33)53(45-18-9-21-48-50(45)43-13-4-6-20-47(43)54-48)36-26-22-32(23-27-36)38-14-7-16-41-40-12-3-5-19-46(40)55-51(38)41/h1-31H. The molecule has 0 saturated carbocycles. The average Bonchev–Trinajstić information content (AvgIpc) is 3.95. The molecule has 0 fully saturated rings. The molecule has 3 heterocycles. The number of furan rings is 2. The number of fused-ring (bicyclic) bond motifs is 10. The Hall–Kier alpha value is -7.14. The van der Waals surface area contributed by atoms with E-state index in [1.165, 1.54) is 42.1 Å². The highest BCUT2D eigenvalue weighted by Gasteiger charge is 2.21. The van der Waals surface area contributed by atoms with Gasteiger partial charge in [-0.15, -0.1) is 11.3 Å². The van der Waals surface area contributed by atoms with Gasteiger partial charge in [-0.05, 0) is 88.1 Å². The lowest BCUT2D eigenvalue weighted by atomic mass is 10.00. The van der Waals surface area contributed by atoms with Gasteiger partial charge in [-0.2, -0.15) is 0 Å². The van der Waals surface area contributed by atoms with Crippen LogP contribution in [0.25, 0.3) is 97.1 Å². The molecule has 0 saturated heterocycles. The number of benzene rings is 9. The molecule has 0 bridgehead atoms. The smallest absolute Gasteiger partial charge is 0.143 e. The molecular weight excluding hydrogens is 703 g/mol. The molecule has 0 amide bonds. The molecule has 0 aliphatic heterocycles. The quantitative estimate of drug-likeness (QED) is 0.176. The predicted octanol–water partition coefficient (Wildman–Crippen LogP) is 15.8. The molecule has 0 aliphatic rings. The van der Waals surface area contributed by atoms with Crippen molar-refractivity contribution in [2.75, 3.05) is 4.90 Å². The molecule has 0 unspecified atom stereocenters. The van der Waals surface area contributed by atoms with Crippen molar-refractivity contribution >= 4 is 103 Å². The second-order valence-electron chi connectivity index (χ2n) is 14.4. The summed E-state index contributed by atoms with van der Waals surface area (Å²) < 4.78 is 15.4. The van der Waals surface area contributed by atoms with Gasteiger partial charge in [0, 0.05) is 53.3 Å². The molecule has 0 atom stereocenters. The lowest BCUT2D eigenvalue weighted by molar-refractivity contribution is 0.669. The topological polar surface area (TPSA) is 29.5 Å². The third kappa shape index (κ3) is 4.76. The van der Waals surface area contributed by atoms with Crippen molar-refractivity contribution in [2.45, 2.75) is 0 Å². The molecular formula is C52H31NO2S. The van der Waals surface area contributed by atoms with Gasteiger partial charge in [0.1, 0.15) is 22.3 Å². The van der Waals surface area contributed by atoms with E-state index in [4.69, 9.17) is 8.83 Å². The first-order valence-electron chi connectivity index (χ1n) is 18.9. The normalized spacial score (nSPS) is 11.9. The largest absolute Gasteiger partial charge is 0.456 e. The Morgan fingerprint density at radius 3 is 1.73 bits per heavy atom. The van der Waals surface area contributed by atoms with E-state index in [1.807, 2.05) is 35.6 Å². The SMILES string of the molecule is c1ccc2cc3c(cc2c1)sc1c(-c2ccc(N(c4ccc(-c5cccc6c5oc5ccccc56)cc4)c4cccc5oc6ccccc6c45)cc2)cccc13. The Morgan fingerprint density at radius 1 is 0.393 bits per heavy atom. The van der Waals surface area contributed by atoms with Crippen molar-refractivity contribution in [2.24, 2.45) is 0 Å². The third-order valence-corrected chi connectivity index (χ3v) is 12.5. The fourth-order valence-corrected chi connectivity index (χ4v) is 9.90. The Bertz CT molecular complexity index is 3480. The summed E-state index contributed by atoms with van der Waals surface area (Å²) in [6.45, 7) is 0. The average molecular weight is 734 g/mol. The van der Waals surface area contributed by atoms with E-state index in [2.05, 4.69) is 169 Å². The number of para-hydroxylation sites is 3. The first-order valence-corrected chi connectivity index (χ1v) is 19.7. The highest BCUT2D eigenvalue weighted by atomic mass is 32.1. The summed E-state index contributed by atoms with van der Waals surface area (Å²) in [5.41, 5.74) is 11.3. The van der Waals surface area contributed by atoms with Crippen molar-refractivity contribution < 1.29 is 8.83 Å². The number of thiophene rings is 1. The first-order chi connectivity index (χ1) is 27.7. The van der Waals surface area contributed by atoms with Gasteiger partial charge in [0.15, 0.2) is 0 Å². The Kier molecular flexibility index (Phi) is 6.80. The maximum Gasteiger partial charge on any atom is 0.143 e. The number of nitrogens with zero attached hydrogens (tertiary/aromatic N) is 1. The Balaban J connectivity index is 1.00. The van der Waals surface area contributed by atoms with Gasteiger partial charge in [0.2, 0.25) is 0 Å². The monoisotopic (exact) mass is 733 g/mol. The van der Waals surface area contributed by atoms with Crippen LogP contribution in [-0.2, 0) is 0 Å². The van der Waals surface area contributed by atoms with Gasteiger partial charge in [0.25, 0.3) is 0 Å². The van der Waals surface area contributed by atoms with Crippen molar-refractivity contribution in [1.82, 2.24) is 0 Å². The zero-order valence-electron chi connectivity index (χ0n) is 30.1. The van der Waals surface area contributed by atoms with Gasteiger partial charge in [-0.1, -0.05) is 127 Å². The number of anilines is 3. The minimum absolute atomic E-state index is 0.864. The van der Waals surface area contributed by atoms with E-state index in [-0.39, 0.29) is 0 Å². The summed E-state index contributed by atoms with van der Waals surface area (Å²) in [6, 6.07) is 67.2. The van der Waals surface area contributed by atoms with Crippen molar-refractivity contribution in [3.8, 4) is 22.3 Å². The van der Waals surface area contributed by atoms with Crippen LogP contribution in [0.3, 0.4) is 0 Å². The number of hydrogen-bond acceptors (Lipinski definition) is 4. The molecule has 0 aliphatic carbocycles. The first kappa shape index (κ1) is 31.2. The van der Waals surface area contributed by atoms with Crippen molar-refractivity contribution in [1.29, 1.82) is 0 Å². The molecule has 12 aromatic rings. The lowest BCUT2D eigenvalue weighted by Gasteiger charge is -2.26. The Morgan fingerprint density at radius 2 is 0.964 bits per heavy atom. The number of hydrogen-bond donors (Lipinski definition) is 0. The van der Waals surface area contributed by atoms with Crippen LogP contribution in [0.4, 0.5) is 17.1 Å². The van der Waals surface area contributed by atoms with E-state index in [0.29, 0.717) is 0 Å². The number of rotatable bonds is 5. The van der Waals surface area contributed by atoms with Gasteiger partial charge < -0.3 is 13.7 Å². The minimum Gasteiger partial charge on any atom is -0.456 e. The van der Waals surface area contributed by atoms with Gasteiger partial charge >= 0.3 is 0 Å². The van der Waals surface area contributed by atoms with E-state index in [0.717, 1.165) is 72.1 Å². The molecule has 0 N–H and O–H groups in total. The van der Waals surface area contributed by atoms with E-state index in [1.54, 1.807) is 0 Å². The molecule has 9 aromatic carbocycles. The van der Waals surface area contributed by atoms with Crippen LogP contribution >= 0.6 is 11.3 Å². The maximum atomic E-state index is 6.42. The molecule has 262 valence electrons. The zero-order chi connectivity index (χ0) is 36.7. The molecule has 4 heteroatoms. The fourth-order valence-electron chi connectivity index (χ4n) is 8.63. The summed E-state index contributed by atoms with van der Waals surface area (Å²) in [6.07, 6.45) is 0. The van der Waals surface area contributed by atoms with E-state index in [9.17, 15) is 0 Å². The van der Waals surface area contributed by atoms with Crippen LogP contribution in [0.2, 0.25) is 0 Å². The molecule has 56 heavy (non-hydrogen) atoms. The summed E-state index contributed by atoms with van der Waals surface area (Å²) in [5.74, 6) is 0. The second-order valence-corrected chi connectivity index (χ2v) is 15.5. The molecule has 3 aromatic heterocycles. The predicted molar refractivity (Wildman–Crippen MR) is 237 cm³/mol. The molecule has 0 spiro atoms. The maximum absolute atomic E-state index is 6.42. The van der Waals surface area contributed by atoms with Crippen LogP contribution in [-0.4, -0.2) is 0 Å². The summed E-state index contributed by atoms with van der Waals surface area (Å²) >= 11 is 1.88. The zero-order valence-corrected chi connectivity index (χ0v) is 30.9. The van der Waals surface area contributed by atoms with Crippen LogP contribution in [0.15, 0.2) is 197 Å².